The van der Waals surface area contributed by atoms with E-state index in [4.69, 9.17) is 11.6 Å². The smallest absolute Gasteiger partial charge is 0.126 e. The number of nitrogens with one attached hydrogen (secondary N) is 1. The maximum atomic E-state index is 13.2. The number of aromatic nitrogens is 3. The van der Waals surface area contributed by atoms with E-state index in [-0.39, 0.29) is 0 Å². The molecule has 0 saturated carbocycles. The standard InChI is InChI=1S/C11H12ClFN4/c1-2-14-6-11-7-15-16-17(11)10-4-8(12)3-9(13)5-10/h3-5,7,14H,2,6H2,1H3. The molecule has 2 rings (SSSR count). The number of benzene rings is 1. The minimum Gasteiger partial charge on any atom is -0.311 e. The van der Waals surface area contributed by atoms with Gasteiger partial charge in [-0.1, -0.05) is 23.7 Å². The van der Waals surface area contributed by atoms with Crippen LogP contribution in [0.5, 0.6) is 0 Å². The molecule has 0 atom stereocenters. The maximum absolute atomic E-state index is 13.2. The molecule has 6 heteroatoms. The van der Waals surface area contributed by atoms with E-state index in [1.165, 1.54) is 12.1 Å². The fourth-order valence-electron chi connectivity index (χ4n) is 1.51. The summed E-state index contributed by atoms with van der Waals surface area (Å²) in [7, 11) is 0. The van der Waals surface area contributed by atoms with Gasteiger partial charge in [0, 0.05) is 11.6 Å². The van der Waals surface area contributed by atoms with Crippen LogP contribution in [0.1, 0.15) is 12.6 Å². The Labute approximate surface area is 103 Å². The number of hydrogen-bond acceptors (Lipinski definition) is 3. The van der Waals surface area contributed by atoms with Crippen molar-refractivity contribution in [1.29, 1.82) is 0 Å². The van der Waals surface area contributed by atoms with Crippen LogP contribution in [0.3, 0.4) is 0 Å². The molecule has 2 aromatic rings. The maximum Gasteiger partial charge on any atom is 0.126 e. The molecular weight excluding hydrogens is 243 g/mol. The van der Waals surface area contributed by atoms with Crippen LogP contribution in [-0.4, -0.2) is 21.5 Å². The highest BCUT2D eigenvalue weighted by atomic mass is 35.5. The molecule has 0 aliphatic carbocycles. The fourth-order valence-corrected chi connectivity index (χ4v) is 1.72. The molecule has 0 amide bonds. The van der Waals surface area contributed by atoms with Gasteiger partial charge in [0.1, 0.15) is 5.82 Å². The SMILES string of the molecule is CCNCc1cnnn1-c1cc(F)cc(Cl)c1. The Morgan fingerprint density at radius 1 is 1.41 bits per heavy atom. The van der Waals surface area contributed by atoms with Crippen LogP contribution in [0.15, 0.2) is 24.4 Å². The predicted octanol–water partition coefficient (Wildman–Crippen LogP) is 2.17. The third-order valence-electron chi connectivity index (χ3n) is 2.27. The molecule has 17 heavy (non-hydrogen) atoms. The zero-order valence-electron chi connectivity index (χ0n) is 9.32. The van der Waals surface area contributed by atoms with Gasteiger partial charge >= 0.3 is 0 Å². The van der Waals surface area contributed by atoms with E-state index in [9.17, 15) is 4.39 Å². The first-order valence-electron chi connectivity index (χ1n) is 5.27. The largest absolute Gasteiger partial charge is 0.311 e. The molecule has 1 N–H and O–H groups in total. The number of hydrogen-bond donors (Lipinski definition) is 1. The Bertz CT molecular complexity index is 492. The lowest BCUT2D eigenvalue weighted by molar-refractivity contribution is 0.621. The van der Waals surface area contributed by atoms with Gasteiger partial charge < -0.3 is 5.32 Å². The molecule has 1 heterocycles. The summed E-state index contributed by atoms with van der Waals surface area (Å²) in [6.07, 6.45) is 1.64. The third kappa shape index (κ3) is 2.81. The minimum absolute atomic E-state index is 0.338. The van der Waals surface area contributed by atoms with Gasteiger partial charge in [0.05, 0.1) is 17.6 Å². The van der Waals surface area contributed by atoms with E-state index in [0.29, 0.717) is 17.3 Å². The van der Waals surface area contributed by atoms with Gasteiger partial charge in [-0.2, -0.15) is 0 Å². The summed E-state index contributed by atoms with van der Waals surface area (Å²) in [6.45, 7) is 3.47. The lowest BCUT2D eigenvalue weighted by atomic mass is 10.3. The van der Waals surface area contributed by atoms with Gasteiger partial charge in [0.2, 0.25) is 0 Å². The van der Waals surface area contributed by atoms with E-state index >= 15 is 0 Å². The Kier molecular flexibility index (Phi) is 3.71. The molecule has 1 aromatic carbocycles. The molecule has 4 nitrogen and oxygen atoms in total. The summed E-state index contributed by atoms with van der Waals surface area (Å²) in [5, 5.41) is 11.2. The van der Waals surface area contributed by atoms with Gasteiger partial charge in [0.15, 0.2) is 0 Å². The molecule has 0 spiro atoms. The normalized spacial score (nSPS) is 10.8. The average molecular weight is 255 g/mol. The van der Waals surface area contributed by atoms with Crippen molar-refractivity contribution in [1.82, 2.24) is 20.3 Å². The molecule has 0 aliphatic rings. The second-order valence-corrected chi connectivity index (χ2v) is 3.98. The highest BCUT2D eigenvalue weighted by Gasteiger charge is 2.07. The minimum atomic E-state index is -0.391. The molecule has 90 valence electrons. The van der Waals surface area contributed by atoms with Gasteiger partial charge in [-0.25, -0.2) is 9.07 Å². The number of nitrogens with zero attached hydrogens (tertiary/aromatic N) is 3. The Morgan fingerprint density at radius 2 is 2.24 bits per heavy atom. The van der Waals surface area contributed by atoms with Crippen molar-refractivity contribution in [2.75, 3.05) is 6.54 Å². The third-order valence-corrected chi connectivity index (χ3v) is 2.49. The molecule has 0 saturated heterocycles. The van der Waals surface area contributed by atoms with Gasteiger partial charge in [-0.3, -0.25) is 0 Å². The summed E-state index contributed by atoms with van der Waals surface area (Å²) in [6, 6.07) is 4.27. The first kappa shape index (κ1) is 12.0. The second-order valence-electron chi connectivity index (χ2n) is 3.55. The Hall–Kier alpha value is -1.46. The summed E-state index contributed by atoms with van der Waals surface area (Å²) in [4.78, 5) is 0. The molecule has 0 unspecified atom stereocenters. The molecule has 0 radical (unpaired) electrons. The van der Waals surface area contributed by atoms with E-state index in [0.717, 1.165) is 12.2 Å². The van der Waals surface area contributed by atoms with Crippen molar-refractivity contribution >= 4 is 11.6 Å². The van der Waals surface area contributed by atoms with Gasteiger partial charge in [0.25, 0.3) is 0 Å². The first-order valence-corrected chi connectivity index (χ1v) is 5.65. The zero-order valence-corrected chi connectivity index (χ0v) is 10.1. The Morgan fingerprint density at radius 3 is 2.94 bits per heavy atom. The number of rotatable bonds is 4. The van der Waals surface area contributed by atoms with Gasteiger partial charge in [-0.05, 0) is 24.7 Å². The van der Waals surface area contributed by atoms with Gasteiger partial charge in [-0.15, -0.1) is 5.10 Å². The second kappa shape index (κ2) is 5.25. The summed E-state index contributed by atoms with van der Waals surface area (Å²) >= 11 is 5.81. The Balaban J connectivity index is 2.35. The highest BCUT2D eigenvalue weighted by molar-refractivity contribution is 6.30. The molecule has 1 aromatic heterocycles. The molecular formula is C11H12ClFN4. The van der Waals surface area contributed by atoms with Crippen molar-refractivity contribution < 1.29 is 4.39 Å². The lowest BCUT2D eigenvalue weighted by Crippen LogP contribution is -2.15. The first-order chi connectivity index (χ1) is 8.20. The predicted molar refractivity (Wildman–Crippen MR) is 63.7 cm³/mol. The molecule has 0 aliphatic heterocycles. The van der Waals surface area contributed by atoms with Crippen LogP contribution < -0.4 is 5.32 Å². The lowest BCUT2D eigenvalue weighted by Gasteiger charge is -2.07. The zero-order chi connectivity index (χ0) is 12.3. The van der Waals surface area contributed by atoms with Crippen LogP contribution in [-0.2, 0) is 6.54 Å². The van der Waals surface area contributed by atoms with Crippen molar-refractivity contribution in [3.8, 4) is 5.69 Å². The van der Waals surface area contributed by atoms with Crippen LogP contribution in [0.2, 0.25) is 5.02 Å². The highest BCUT2D eigenvalue weighted by Crippen LogP contribution is 2.17. The summed E-state index contributed by atoms with van der Waals surface area (Å²) in [5.41, 5.74) is 1.42. The van der Waals surface area contributed by atoms with E-state index < -0.39 is 5.82 Å². The van der Waals surface area contributed by atoms with Crippen molar-refractivity contribution in [3.63, 3.8) is 0 Å². The van der Waals surface area contributed by atoms with E-state index in [2.05, 4.69) is 15.6 Å². The topological polar surface area (TPSA) is 42.7 Å². The molecule has 0 bridgehead atoms. The molecule has 0 fully saturated rings. The average Bonchev–Trinajstić information content (AvgIpc) is 2.73. The number of halogens is 2. The van der Waals surface area contributed by atoms with Crippen molar-refractivity contribution in [2.24, 2.45) is 0 Å². The van der Waals surface area contributed by atoms with Crippen LogP contribution >= 0.6 is 11.6 Å². The van der Waals surface area contributed by atoms with Crippen LogP contribution in [0.25, 0.3) is 5.69 Å². The summed E-state index contributed by atoms with van der Waals surface area (Å²) in [5.74, 6) is -0.391. The van der Waals surface area contributed by atoms with Crippen LogP contribution in [0, 0.1) is 5.82 Å². The van der Waals surface area contributed by atoms with E-state index in [1.807, 2.05) is 6.92 Å². The van der Waals surface area contributed by atoms with Crippen molar-refractivity contribution in [3.05, 3.63) is 40.9 Å². The van der Waals surface area contributed by atoms with E-state index in [1.54, 1.807) is 16.9 Å². The monoisotopic (exact) mass is 254 g/mol. The fraction of sp³-hybridized carbons (Fsp3) is 0.273. The summed E-state index contributed by atoms with van der Waals surface area (Å²) < 4.78 is 14.8. The quantitative estimate of drug-likeness (QED) is 0.909. The van der Waals surface area contributed by atoms with Crippen LogP contribution in [0.4, 0.5) is 4.39 Å². The van der Waals surface area contributed by atoms with Crippen molar-refractivity contribution in [2.45, 2.75) is 13.5 Å².